The number of rotatable bonds is 2. The fourth-order valence-electron chi connectivity index (χ4n) is 1.60. The summed E-state index contributed by atoms with van der Waals surface area (Å²) >= 11 is 0. The first-order chi connectivity index (χ1) is 6.65. The molecule has 0 aliphatic carbocycles. The number of carbonyl (C=O) groups is 1. The SMILES string of the molecule is CCC1=C(C=O)CN(N)/C(=N\N)N1C. The van der Waals surface area contributed by atoms with Gasteiger partial charge in [-0.3, -0.25) is 9.80 Å². The van der Waals surface area contributed by atoms with Crippen LogP contribution >= 0.6 is 0 Å². The van der Waals surface area contributed by atoms with Crippen molar-refractivity contribution in [2.24, 2.45) is 16.8 Å². The standard InChI is InChI=1S/C8H15N5O/c1-3-7-6(5-14)4-13(10)8(11-9)12(7)2/h5H,3-4,9-10H2,1-2H3/b11-8-. The van der Waals surface area contributed by atoms with Crippen molar-refractivity contribution in [3.05, 3.63) is 11.3 Å². The highest BCUT2D eigenvalue weighted by molar-refractivity contribution is 5.87. The minimum Gasteiger partial charge on any atom is -0.320 e. The van der Waals surface area contributed by atoms with Crippen LogP contribution in [0, 0.1) is 0 Å². The average Bonchev–Trinajstić information content (AvgIpc) is 2.17. The van der Waals surface area contributed by atoms with E-state index in [9.17, 15) is 4.79 Å². The summed E-state index contributed by atoms with van der Waals surface area (Å²) < 4.78 is 0. The summed E-state index contributed by atoms with van der Waals surface area (Å²) in [7, 11) is 1.78. The molecule has 0 atom stereocenters. The van der Waals surface area contributed by atoms with Crippen LogP contribution in [-0.4, -0.2) is 35.7 Å². The van der Waals surface area contributed by atoms with Gasteiger partial charge in [0.25, 0.3) is 0 Å². The molecule has 0 unspecified atom stereocenters. The van der Waals surface area contributed by atoms with Gasteiger partial charge in [0, 0.05) is 18.3 Å². The summed E-state index contributed by atoms with van der Waals surface area (Å²) in [6.07, 6.45) is 1.57. The highest BCUT2D eigenvalue weighted by Crippen LogP contribution is 2.18. The van der Waals surface area contributed by atoms with Crippen molar-refractivity contribution < 1.29 is 4.79 Å². The minimum atomic E-state index is 0.354. The van der Waals surface area contributed by atoms with Gasteiger partial charge in [0.2, 0.25) is 5.96 Å². The highest BCUT2D eigenvalue weighted by atomic mass is 16.1. The topological polar surface area (TPSA) is 87.9 Å². The van der Waals surface area contributed by atoms with E-state index in [4.69, 9.17) is 11.7 Å². The van der Waals surface area contributed by atoms with Gasteiger partial charge in [-0.05, 0) is 6.42 Å². The van der Waals surface area contributed by atoms with Gasteiger partial charge in [0.15, 0.2) is 0 Å². The fraction of sp³-hybridized carbons (Fsp3) is 0.500. The molecule has 0 saturated carbocycles. The normalized spacial score (nSPS) is 20.6. The molecule has 6 heteroatoms. The first-order valence-electron chi connectivity index (χ1n) is 4.36. The Hall–Kier alpha value is -1.56. The van der Waals surface area contributed by atoms with Crippen molar-refractivity contribution in [2.75, 3.05) is 13.6 Å². The molecule has 4 N–H and O–H groups in total. The van der Waals surface area contributed by atoms with E-state index in [0.717, 1.165) is 18.4 Å². The molecular weight excluding hydrogens is 182 g/mol. The largest absolute Gasteiger partial charge is 0.320 e. The van der Waals surface area contributed by atoms with Crippen molar-refractivity contribution in [1.82, 2.24) is 9.91 Å². The number of nitrogens with two attached hydrogens (primary N) is 2. The van der Waals surface area contributed by atoms with Crippen LogP contribution in [0.25, 0.3) is 0 Å². The van der Waals surface area contributed by atoms with Gasteiger partial charge in [-0.25, -0.2) is 5.84 Å². The third-order valence-electron chi connectivity index (χ3n) is 2.27. The summed E-state index contributed by atoms with van der Waals surface area (Å²) in [4.78, 5) is 12.5. The number of hydrogen-bond donors (Lipinski definition) is 2. The molecule has 0 amide bonds. The molecule has 0 aromatic heterocycles. The summed E-state index contributed by atoms with van der Waals surface area (Å²) in [5.41, 5.74) is 1.58. The van der Waals surface area contributed by atoms with E-state index in [1.165, 1.54) is 5.01 Å². The highest BCUT2D eigenvalue weighted by Gasteiger charge is 2.25. The maximum atomic E-state index is 10.8. The first kappa shape index (κ1) is 10.5. The molecule has 1 heterocycles. The zero-order valence-corrected chi connectivity index (χ0v) is 8.40. The molecule has 0 fully saturated rings. The molecule has 0 radical (unpaired) electrons. The molecule has 0 bridgehead atoms. The second-order valence-corrected chi connectivity index (χ2v) is 3.06. The van der Waals surface area contributed by atoms with Gasteiger partial charge in [-0.2, -0.15) is 0 Å². The summed E-state index contributed by atoms with van der Waals surface area (Å²) in [5, 5.41) is 4.92. The predicted molar refractivity (Wildman–Crippen MR) is 53.7 cm³/mol. The van der Waals surface area contributed by atoms with Gasteiger partial charge in [-0.1, -0.05) is 6.92 Å². The van der Waals surface area contributed by atoms with E-state index in [1.807, 2.05) is 6.92 Å². The third-order valence-corrected chi connectivity index (χ3v) is 2.27. The number of guanidine groups is 1. The minimum absolute atomic E-state index is 0.354. The van der Waals surface area contributed by atoms with E-state index in [-0.39, 0.29) is 0 Å². The zero-order valence-electron chi connectivity index (χ0n) is 8.40. The van der Waals surface area contributed by atoms with Gasteiger partial charge in [0.1, 0.15) is 6.29 Å². The van der Waals surface area contributed by atoms with Gasteiger partial charge in [0.05, 0.1) is 6.54 Å². The van der Waals surface area contributed by atoms with E-state index in [0.29, 0.717) is 18.1 Å². The number of allylic oxidation sites excluding steroid dienone is 1. The quantitative estimate of drug-likeness (QED) is 0.344. The van der Waals surface area contributed by atoms with E-state index >= 15 is 0 Å². The summed E-state index contributed by atoms with van der Waals surface area (Å²) in [6.45, 7) is 2.32. The molecule has 14 heavy (non-hydrogen) atoms. The van der Waals surface area contributed by atoms with Crippen LogP contribution in [0.5, 0.6) is 0 Å². The van der Waals surface area contributed by atoms with Crippen molar-refractivity contribution in [3.63, 3.8) is 0 Å². The van der Waals surface area contributed by atoms with E-state index in [1.54, 1.807) is 11.9 Å². The van der Waals surface area contributed by atoms with Crippen LogP contribution in [0.3, 0.4) is 0 Å². The Kier molecular flexibility index (Phi) is 3.08. The van der Waals surface area contributed by atoms with E-state index in [2.05, 4.69) is 5.10 Å². The predicted octanol–water partition coefficient (Wildman–Crippen LogP) is -0.800. The van der Waals surface area contributed by atoms with Crippen molar-refractivity contribution in [3.8, 4) is 0 Å². The van der Waals surface area contributed by atoms with Crippen LogP contribution in [0.1, 0.15) is 13.3 Å². The second kappa shape index (κ2) is 4.10. The molecule has 0 aromatic rings. The van der Waals surface area contributed by atoms with Crippen molar-refractivity contribution in [2.45, 2.75) is 13.3 Å². The fourth-order valence-corrected chi connectivity index (χ4v) is 1.60. The smallest absolute Gasteiger partial charge is 0.237 e. The Morgan fingerprint density at radius 3 is 2.71 bits per heavy atom. The Morgan fingerprint density at radius 2 is 2.29 bits per heavy atom. The maximum Gasteiger partial charge on any atom is 0.237 e. The van der Waals surface area contributed by atoms with Gasteiger partial charge in [-0.15, -0.1) is 5.10 Å². The molecule has 0 aromatic carbocycles. The monoisotopic (exact) mass is 197 g/mol. The molecule has 1 aliphatic heterocycles. The maximum absolute atomic E-state index is 10.8. The molecule has 1 aliphatic rings. The molecule has 6 nitrogen and oxygen atoms in total. The lowest BCUT2D eigenvalue weighted by molar-refractivity contribution is -0.105. The molecular formula is C8H15N5O. The van der Waals surface area contributed by atoms with Crippen molar-refractivity contribution >= 4 is 12.2 Å². The second-order valence-electron chi connectivity index (χ2n) is 3.06. The number of hydrogen-bond acceptors (Lipinski definition) is 4. The Bertz CT molecular complexity index is 296. The zero-order chi connectivity index (χ0) is 10.7. The molecule has 1 rings (SSSR count). The van der Waals surface area contributed by atoms with Crippen LogP contribution < -0.4 is 11.7 Å². The lowest BCUT2D eigenvalue weighted by atomic mass is 10.1. The lowest BCUT2D eigenvalue weighted by Gasteiger charge is -2.35. The number of aldehydes is 1. The van der Waals surface area contributed by atoms with Gasteiger partial charge < -0.3 is 10.7 Å². The van der Waals surface area contributed by atoms with Crippen LogP contribution in [0.15, 0.2) is 16.4 Å². The molecule has 78 valence electrons. The lowest BCUT2D eigenvalue weighted by Crippen LogP contribution is -2.51. The van der Waals surface area contributed by atoms with Gasteiger partial charge >= 0.3 is 0 Å². The number of hydrazone groups is 1. The Morgan fingerprint density at radius 1 is 1.64 bits per heavy atom. The average molecular weight is 197 g/mol. The van der Waals surface area contributed by atoms with E-state index < -0.39 is 0 Å². The number of carbonyl (C=O) groups excluding carboxylic acids is 1. The van der Waals surface area contributed by atoms with Crippen molar-refractivity contribution in [1.29, 1.82) is 0 Å². The Balaban J connectivity index is 3.12. The van der Waals surface area contributed by atoms with Crippen LogP contribution in [0.4, 0.5) is 0 Å². The number of hydrazine groups is 1. The molecule has 0 spiro atoms. The summed E-state index contributed by atoms with van der Waals surface area (Å²) in [6, 6.07) is 0. The third kappa shape index (κ3) is 1.56. The number of nitrogens with zero attached hydrogens (tertiary/aromatic N) is 3. The first-order valence-corrected chi connectivity index (χ1v) is 4.36. The summed E-state index contributed by atoms with van der Waals surface area (Å²) in [5.74, 6) is 11.3. The Labute approximate surface area is 82.8 Å². The molecule has 0 saturated heterocycles. The van der Waals surface area contributed by atoms with Crippen LogP contribution in [-0.2, 0) is 4.79 Å². The van der Waals surface area contributed by atoms with Crippen LogP contribution in [0.2, 0.25) is 0 Å².